The first-order valence-electron chi connectivity index (χ1n) is 9.73. The van der Waals surface area contributed by atoms with Gasteiger partial charge in [0.2, 0.25) is 5.91 Å². The summed E-state index contributed by atoms with van der Waals surface area (Å²) in [5.41, 5.74) is 1.63. The van der Waals surface area contributed by atoms with E-state index in [1.165, 1.54) is 12.1 Å². The number of alkyl halides is 3. The van der Waals surface area contributed by atoms with Crippen molar-refractivity contribution in [2.24, 2.45) is 11.1 Å². The highest BCUT2D eigenvalue weighted by Gasteiger charge is 2.36. The molecule has 2 aromatic rings. The van der Waals surface area contributed by atoms with Gasteiger partial charge in [0.05, 0.1) is 17.8 Å². The molecule has 0 saturated heterocycles. The first-order valence-corrected chi connectivity index (χ1v) is 10.1. The van der Waals surface area contributed by atoms with E-state index in [4.69, 9.17) is 16.4 Å². The van der Waals surface area contributed by atoms with Gasteiger partial charge >= 0.3 is 6.18 Å². The van der Waals surface area contributed by atoms with E-state index in [9.17, 15) is 18.0 Å². The summed E-state index contributed by atoms with van der Waals surface area (Å²) < 4.78 is 38.4. The van der Waals surface area contributed by atoms with Crippen LogP contribution in [0.5, 0.6) is 0 Å². The second-order valence-corrected chi connectivity index (χ2v) is 8.10. The minimum atomic E-state index is -4.38. The molecule has 1 aliphatic carbocycles. The van der Waals surface area contributed by atoms with Gasteiger partial charge in [-0.25, -0.2) is 0 Å². The number of amides is 1. The Morgan fingerprint density at radius 2 is 1.77 bits per heavy atom. The number of nitrogens with zero attached hydrogens (tertiary/aromatic N) is 2. The van der Waals surface area contributed by atoms with Crippen LogP contribution >= 0.6 is 11.6 Å². The number of carbonyl (C=O) groups is 1. The number of carbonyl (C=O) groups excluding carboxylic acids is 1. The molecule has 1 saturated carbocycles. The van der Waals surface area contributed by atoms with E-state index in [1.807, 2.05) is 12.1 Å². The molecule has 1 atom stereocenters. The van der Waals surface area contributed by atoms with Gasteiger partial charge in [-0.2, -0.15) is 13.2 Å². The molecule has 1 fully saturated rings. The number of hydrogen-bond acceptors (Lipinski definition) is 3. The number of benzene rings is 2. The second kappa shape index (κ2) is 8.30. The maximum absolute atomic E-state index is 12.8. The zero-order valence-electron chi connectivity index (χ0n) is 16.0. The summed E-state index contributed by atoms with van der Waals surface area (Å²) in [4.78, 5) is 20.0. The van der Waals surface area contributed by atoms with Crippen LogP contribution in [0.15, 0.2) is 53.7 Å². The highest BCUT2D eigenvalue weighted by Crippen LogP contribution is 2.33. The Morgan fingerprint density at radius 3 is 2.37 bits per heavy atom. The van der Waals surface area contributed by atoms with Crippen LogP contribution in [0.25, 0.3) is 0 Å². The Bertz CT molecular complexity index is 938. The van der Waals surface area contributed by atoms with Crippen molar-refractivity contribution in [3.63, 3.8) is 0 Å². The van der Waals surface area contributed by atoms with E-state index in [1.54, 1.807) is 17.0 Å². The molecule has 1 aliphatic heterocycles. The molecule has 1 unspecified atom stereocenters. The fraction of sp³-hybridized carbons (Fsp3) is 0.364. The van der Waals surface area contributed by atoms with E-state index in [0.717, 1.165) is 36.2 Å². The van der Waals surface area contributed by atoms with Gasteiger partial charge in [0.1, 0.15) is 0 Å². The molecule has 2 aliphatic rings. The van der Waals surface area contributed by atoms with E-state index >= 15 is 0 Å². The van der Waals surface area contributed by atoms with Crippen molar-refractivity contribution >= 4 is 23.2 Å². The fourth-order valence-corrected chi connectivity index (χ4v) is 3.55. The molecule has 8 heteroatoms. The molecule has 1 heterocycles. The van der Waals surface area contributed by atoms with Crippen molar-refractivity contribution in [1.82, 2.24) is 4.90 Å². The lowest BCUT2D eigenvalue weighted by molar-refractivity contribution is -0.138. The predicted molar refractivity (Wildman–Crippen MR) is 107 cm³/mol. The first kappa shape index (κ1) is 20.7. The van der Waals surface area contributed by atoms with Crippen molar-refractivity contribution in [3.05, 3.63) is 70.2 Å². The molecule has 4 rings (SSSR count). The summed E-state index contributed by atoms with van der Waals surface area (Å²) in [7, 11) is 0. The normalized spacial score (nSPS) is 18.7. The molecule has 1 amide bonds. The molecular formula is C22H20ClF3N2O2. The topological polar surface area (TPSA) is 41.9 Å². The molecular weight excluding hydrogens is 417 g/mol. The van der Waals surface area contributed by atoms with Gasteiger partial charge in [0.25, 0.3) is 0 Å². The average molecular weight is 437 g/mol. The Labute approximate surface area is 177 Å². The molecule has 0 N–H and O–H groups in total. The predicted octanol–water partition coefficient (Wildman–Crippen LogP) is 5.29. The highest BCUT2D eigenvalue weighted by molar-refractivity contribution is 6.30. The van der Waals surface area contributed by atoms with Crippen LogP contribution in [-0.4, -0.2) is 29.2 Å². The monoisotopic (exact) mass is 436 g/mol. The average Bonchev–Trinajstić information content (AvgIpc) is 3.46. The molecule has 158 valence electrons. The van der Waals surface area contributed by atoms with Crippen molar-refractivity contribution in [2.45, 2.75) is 38.1 Å². The Hall–Kier alpha value is -2.54. The minimum absolute atomic E-state index is 0.00231. The molecule has 4 nitrogen and oxygen atoms in total. The van der Waals surface area contributed by atoms with Gasteiger partial charge in [-0.05, 0) is 48.2 Å². The number of halogens is 4. The van der Waals surface area contributed by atoms with Crippen LogP contribution in [0.3, 0.4) is 0 Å². The summed E-state index contributed by atoms with van der Waals surface area (Å²) in [6.45, 7) is 0.570. The quantitative estimate of drug-likeness (QED) is 0.617. The van der Waals surface area contributed by atoms with Crippen molar-refractivity contribution in [1.29, 1.82) is 0 Å². The maximum atomic E-state index is 12.8. The molecule has 0 aromatic heterocycles. The molecule has 2 aromatic carbocycles. The number of oxime groups is 1. The SMILES string of the molecule is O=C(C1CC1)N(Cc1ccc(C(F)(F)F)cc1)CC1CC(c2ccc(Cl)cc2)=NO1. The largest absolute Gasteiger partial charge is 0.416 e. The van der Waals surface area contributed by atoms with E-state index in [2.05, 4.69) is 5.16 Å². The Balaban J connectivity index is 1.42. The van der Waals surface area contributed by atoms with Crippen LogP contribution in [0, 0.1) is 5.92 Å². The number of rotatable bonds is 6. The fourth-order valence-electron chi connectivity index (χ4n) is 3.43. The number of hydrogen-bond donors (Lipinski definition) is 0. The molecule has 30 heavy (non-hydrogen) atoms. The third kappa shape index (κ3) is 4.95. The maximum Gasteiger partial charge on any atom is 0.416 e. The van der Waals surface area contributed by atoms with Crippen LogP contribution < -0.4 is 0 Å². The smallest absolute Gasteiger partial charge is 0.390 e. The summed E-state index contributed by atoms with van der Waals surface area (Å²) in [5, 5.41) is 4.78. The van der Waals surface area contributed by atoms with Gasteiger partial charge in [-0.1, -0.05) is 41.0 Å². The summed E-state index contributed by atoms with van der Waals surface area (Å²) >= 11 is 5.92. The lowest BCUT2D eigenvalue weighted by atomic mass is 10.0. The van der Waals surface area contributed by atoms with Crippen molar-refractivity contribution < 1.29 is 22.8 Å². The van der Waals surface area contributed by atoms with Gasteiger partial charge in [0, 0.05) is 23.9 Å². The van der Waals surface area contributed by atoms with Crippen molar-refractivity contribution in [3.8, 4) is 0 Å². The van der Waals surface area contributed by atoms with Crippen LogP contribution in [0.1, 0.15) is 36.0 Å². The Kier molecular flexibility index (Phi) is 5.73. The summed E-state index contributed by atoms with van der Waals surface area (Å²) in [6.07, 6.45) is -2.44. The third-order valence-electron chi connectivity index (χ3n) is 5.23. The van der Waals surface area contributed by atoms with Crippen LogP contribution in [-0.2, 0) is 22.4 Å². The Morgan fingerprint density at radius 1 is 1.10 bits per heavy atom. The standard InChI is InChI=1S/C22H20ClF3N2O2/c23-18-9-5-15(6-10-18)20-11-19(30-27-20)13-28(21(29)16-3-4-16)12-14-1-7-17(8-2-14)22(24,25)26/h1-2,5-10,16,19H,3-4,11-13H2. The molecule has 0 bridgehead atoms. The summed E-state index contributed by atoms with van der Waals surface area (Å²) in [6, 6.07) is 12.2. The first-order chi connectivity index (χ1) is 14.3. The van der Waals surface area contributed by atoms with Gasteiger partial charge in [0.15, 0.2) is 6.10 Å². The van der Waals surface area contributed by atoms with Crippen molar-refractivity contribution in [2.75, 3.05) is 6.54 Å². The van der Waals surface area contributed by atoms with Crippen LogP contribution in [0.4, 0.5) is 13.2 Å². The highest BCUT2D eigenvalue weighted by atomic mass is 35.5. The van der Waals surface area contributed by atoms with E-state index in [0.29, 0.717) is 23.6 Å². The second-order valence-electron chi connectivity index (χ2n) is 7.66. The lowest BCUT2D eigenvalue weighted by Crippen LogP contribution is -2.38. The minimum Gasteiger partial charge on any atom is -0.390 e. The van der Waals surface area contributed by atoms with E-state index < -0.39 is 11.7 Å². The summed E-state index contributed by atoms with van der Waals surface area (Å²) in [5.74, 6) is 0.0101. The lowest BCUT2D eigenvalue weighted by Gasteiger charge is -2.25. The van der Waals surface area contributed by atoms with Gasteiger partial charge < -0.3 is 9.74 Å². The zero-order chi connectivity index (χ0) is 21.3. The van der Waals surface area contributed by atoms with Gasteiger partial charge in [-0.3, -0.25) is 4.79 Å². The third-order valence-corrected chi connectivity index (χ3v) is 5.48. The van der Waals surface area contributed by atoms with E-state index in [-0.39, 0.29) is 24.5 Å². The zero-order valence-corrected chi connectivity index (χ0v) is 16.8. The molecule has 0 spiro atoms. The van der Waals surface area contributed by atoms with Crippen LogP contribution in [0.2, 0.25) is 5.02 Å². The van der Waals surface area contributed by atoms with Gasteiger partial charge in [-0.15, -0.1) is 0 Å². The molecule has 0 radical (unpaired) electrons.